The molecule has 39 heavy (non-hydrogen) atoms. The molecule has 0 aliphatic heterocycles. The first-order chi connectivity index (χ1) is 18.6. The summed E-state index contributed by atoms with van der Waals surface area (Å²) in [5.74, 6) is -0.0400. The number of hydrogen-bond donors (Lipinski definition) is 0. The van der Waals surface area contributed by atoms with Gasteiger partial charge in [0.05, 0.1) is 31.0 Å². The van der Waals surface area contributed by atoms with Crippen molar-refractivity contribution in [3.8, 4) is 11.4 Å². The average Bonchev–Trinajstić information content (AvgIpc) is 3.51. The van der Waals surface area contributed by atoms with E-state index in [0.29, 0.717) is 29.8 Å². The third-order valence-electron chi connectivity index (χ3n) is 6.36. The molecule has 0 unspecified atom stereocenters. The molecule has 0 aliphatic rings. The van der Waals surface area contributed by atoms with Crippen LogP contribution in [0.2, 0.25) is 0 Å². The van der Waals surface area contributed by atoms with Gasteiger partial charge in [-0.25, -0.2) is 9.78 Å². The van der Waals surface area contributed by atoms with Gasteiger partial charge in [0.2, 0.25) is 0 Å². The van der Waals surface area contributed by atoms with Crippen molar-refractivity contribution in [2.24, 2.45) is 0 Å². The van der Waals surface area contributed by atoms with Crippen molar-refractivity contribution >= 4 is 17.1 Å². The zero-order chi connectivity index (χ0) is 28.3. The number of halogens is 3. The largest absolute Gasteiger partial charge is 0.469 e. The molecule has 10 nitrogen and oxygen atoms in total. The zero-order valence-electron chi connectivity index (χ0n) is 21.9. The van der Waals surface area contributed by atoms with E-state index in [-0.39, 0.29) is 43.8 Å². The van der Waals surface area contributed by atoms with E-state index >= 15 is 0 Å². The van der Waals surface area contributed by atoms with Crippen molar-refractivity contribution < 1.29 is 22.7 Å². The number of rotatable bonds is 10. The number of aryl methyl sites for hydroxylation is 2. The number of fused-ring (bicyclic) bond motifs is 1. The number of alkyl halides is 3. The molecule has 0 fully saturated rings. The zero-order valence-corrected chi connectivity index (χ0v) is 21.9. The standard InChI is InChI=1S/C26H29F3N6O4/c1-4-11-35-24(37)21-23(33(5-2)25(35)38)31-22(34(21)12-7-10-20(36)39-3)18-14-30-32(16-18)15-17-8-6-9-19(13-17)26(27,28)29/h6,8-9,13-14,16H,4-5,7,10-12,15H2,1-3H3. The van der Waals surface area contributed by atoms with Crippen molar-refractivity contribution in [3.05, 3.63) is 68.6 Å². The number of imidazole rings is 1. The van der Waals surface area contributed by atoms with E-state index in [1.807, 2.05) is 6.92 Å². The van der Waals surface area contributed by atoms with Gasteiger partial charge in [-0.3, -0.25) is 23.4 Å². The first kappa shape index (κ1) is 27.9. The van der Waals surface area contributed by atoms with Crippen molar-refractivity contribution in [3.63, 3.8) is 0 Å². The molecule has 0 amide bonds. The van der Waals surface area contributed by atoms with Crippen LogP contribution in [0.5, 0.6) is 0 Å². The Balaban J connectivity index is 1.81. The van der Waals surface area contributed by atoms with E-state index in [4.69, 9.17) is 4.74 Å². The number of ether oxygens (including phenoxy) is 1. The van der Waals surface area contributed by atoms with E-state index in [0.717, 1.165) is 12.1 Å². The Morgan fingerprint density at radius 3 is 2.51 bits per heavy atom. The smallest absolute Gasteiger partial charge is 0.416 e. The lowest BCUT2D eigenvalue weighted by Crippen LogP contribution is -2.40. The van der Waals surface area contributed by atoms with Gasteiger partial charge in [0.15, 0.2) is 11.2 Å². The van der Waals surface area contributed by atoms with Crippen LogP contribution in [0.3, 0.4) is 0 Å². The van der Waals surface area contributed by atoms with Crippen LogP contribution in [0.25, 0.3) is 22.6 Å². The summed E-state index contributed by atoms with van der Waals surface area (Å²) in [5.41, 5.74) is -0.312. The summed E-state index contributed by atoms with van der Waals surface area (Å²) < 4.78 is 49.9. The molecule has 0 aliphatic carbocycles. The van der Waals surface area contributed by atoms with Gasteiger partial charge in [0.25, 0.3) is 5.56 Å². The Labute approximate surface area is 221 Å². The summed E-state index contributed by atoms with van der Waals surface area (Å²) in [5, 5.41) is 4.30. The monoisotopic (exact) mass is 546 g/mol. The van der Waals surface area contributed by atoms with E-state index < -0.39 is 29.0 Å². The third-order valence-corrected chi connectivity index (χ3v) is 6.36. The predicted octanol–water partition coefficient (Wildman–Crippen LogP) is 3.67. The summed E-state index contributed by atoms with van der Waals surface area (Å²) >= 11 is 0. The first-order valence-electron chi connectivity index (χ1n) is 12.6. The first-order valence-corrected chi connectivity index (χ1v) is 12.6. The van der Waals surface area contributed by atoms with Crippen LogP contribution in [-0.4, -0.2) is 41.5 Å². The second kappa shape index (κ2) is 11.3. The van der Waals surface area contributed by atoms with Gasteiger partial charge in [0, 0.05) is 32.3 Å². The molecule has 0 saturated carbocycles. The van der Waals surface area contributed by atoms with Crippen LogP contribution < -0.4 is 11.2 Å². The average molecular weight is 547 g/mol. The summed E-state index contributed by atoms with van der Waals surface area (Å²) in [6.45, 7) is 4.49. The van der Waals surface area contributed by atoms with Crippen molar-refractivity contribution in [2.75, 3.05) is 7.11 Å². The molecule has 0 bridgehead atoms. The molecule has 3 heterocycles. The van der Waals surface area contributed by atoms with Crippen LogP contribution >= 0.6 is 0 Å². The SMILES string of the molecule is CCCn1c(=O)c2c(nc(-c3cnn(Cc4cccc(C(F)(F)F)c4)c3)n2CCCC(=O)OC)n(CC)c1=O. The maximum Gasteiger partial charge on any atom is 0.416 e. The van der Waals surface area contributed by atoms with Gasteiger partial charge in [-0.1, -0.05) is 19.1 Å². The van der Waals surface area contributed by atoms with Crippen LogP contribution in [0.1, 0.15) is 44.2 Å². The normalized spacial score (nSPS) is 11.8. The highest BCUT2D eigenvalue weighted by Crippen LogP contribution is 2.30. The van der Waals surface area contributed by atoms with Crippen molar-refractivity contribution in [1.82, 2.24) is 28.5 Å². The fourth-order valence-electron chi connectivity index (χ4n) is 4.52. The van der Waals surface area contributed by atoms with Crippen molar-refractivity contribution in [2.45, 2.75) is 65.5 Å². The maximum absolute atomic E-state index is 13.5. The fraction of sp³-hybridized carbons (Fsp3) is 0.423. The number of carbonyl (C=O) groups excluding carboxylic acids is 1. The lowest BCUT2D eigenvalue weighted by Gasteiger charge is -2.11. The minimum atomic E-state index is -4.46. The minimum Gasteiger partial charge on any atom is -0.469 e. The second-order valence-corrected chi connectivity index (χ2v) is 9.05. The Morgan fingerprint density at radius 1 is 1.08 bits per heavy atom. The summed E-state index contributed by atoms with van der Waals surface area (Å²) in [6.07, 6.45) is -0.291. The van der Waals surface area contributed by atoms with Gasteiger partial charge >= 0.3 is 17.8 Å². The topological polar surface area (TPSA) is 106 Å². The minimum absolute atomic E-state index is 0.0788. The summed E-state index contributed by atoms with van der Waals surface area (Å²) in [4.78, 5) is 42.9. The fourth-order valence-corrected chi connectivity index (χ4v) is 4.52. The number of carbonyl (C=O) groups is 1. The molecule has 0 saturated heterocycles. The number of nitrogens with zero attached hydrogens (tertiary/aromatic N) is 6. The number of aromatic nitrogens is 6. The predicted molar refractivity (Wildman–Crippen MR) is 137 cm³/mol. The Morgan fingerprint density at radius 2 is 1.85 bits per heavy atom. The second-order valence-electron chi connectivity index (χ2n) is 9.05. The molecule has 4 aromatic rings. The van der Waals surface area contributed by atoms with Gasteiger partial charge in [-0.2, -0.15) is 18.3 Å². The van der Waals surface area contributed by atoms with Crippen LogP contribution in [0.4, 0.5) is 13.2 Å². The van der Waals surface area contributed by atoms with E-state index in [2.05, 4.69) is 10.1 Å². The Hall–Kier alpha value is -4.16. The molecule has 3 aromatic heterocycles. The molecule has 4 rings (SSSR count). The molecule has 208 valence electrons. The Bertz CT molecular complexity index is 1610. The third kappa shape index (κ3) is 5.66. The number of esters is 1. The van der Waals surface area contributed by atoms with Crippen molar-refractivity contribution in [1.29, 1.82) is 0 Å². The molecular formula is C26H29F3N6O4. The Kier molecular flexibility index (Phi) is 8.07. The van der Waals surface area contributed by atoms with Gasteiger partial charge in [0.1, 0.15) is 5.82 Å². The van der Waals surface area contributed by atoms with Gasteiger partial charge in [-0.05, 0) is 37.5 Å². The molecule has 0 radical (unpaired) electrons. The van der Waals surface area contributed by atoms with Crippen LogP contribution in [-0.2, 0) is 41.9 Å². The lowest BCUT2D eigenvalue weighted by molar-refractivity contribution is -0.141. The van der Waals surface area contributed by atoms with Gasteiger partial charge in [-0.15, -0.1) is 0 Å². The maximum atomic E-state index is 13.5. The molecule has 0 spiro atoms. The number of methoxy groups -OCH3 is 1. The lowest BCUT2D eigenvalue weighted by atomic mass is 10.1. The highest BCUT2D eigenvalue weighted by molar-refractivity contribution is 5.77. The molecule has 13 heteroatoms. The number of hydrogen-bond acceptors (Lipinski definition) is 6. The van der Waals surface area contributed by atoms with E-state index in [1.165, 1.54) is 33.2 Å². The molecular weight excluding hydrogens is 517 g/mol. The molecule has 1 aromatic carbocycles. The van der Waals surface area contributed by atoms with Crippen LogP contribution in [0, 0.1) is 0 Å². The van der Waals surface area contributed by atoms with Crippen LogP contribution in [0.15, 0.2) is 46.2 Å². The van der Waals surface area contributed by atoms with E-state index in [1.54, 1.807) is 23.8 Å². The van der Waals surface area contributed by atoms with Gasteiger partial charge < -0.3 is 9.30 Å². The van der Waals surface area contributed by atoms with E-state index in [9.17, 15) is 27.6 Å². The summed E-state index contributed by atoms with van der Waals surface area (Å²) in [6, 6.07) is 5.00. The highest BCUT2D eigenvalue weighted by Gasteiger charge is 2.30. The highest BCUT2D eigenvalue weighted by atomic mass is 19.4. The molecule has 0 N–H and O–H groups in total. The summed E-state index contributed by atoms with van der Waals surface area (Å²) in [7, 11) is 1.29. The number of benzene rings is 1. The quantitative estimate of drug-likeness (QED) is 0.281. The molecule has 0 atom stereocenters.